The van der Waals surface area contributed by atoms with E-state index < -0.39 is 0 Å². The molecule has 1 heterocycles. The van der Waals surface area contributed by atoms with E-state index in [4.69, 9.17) is 14.5 Å². The summed E-state index contributed by atoms with van der Waals surface area (Å²) in [5.74, 6) is 2.01. The van der Waals surface area contributed by atoms with Crippen molar-refractivity contribution < 1.29 is 14.3 Å². The number of hydrogen-bond acceptors (Lipinski definition) is 4. The van der Waals surface area contributed by atoms with Gasteiger partial charge in [0.2, 0.25) is 0 Å². The summed E-state index contributed by atoms with van der Waals surface area (Å²) in [6.45, 7) is 0.203. The average molecular weight is 372 g/mol. The van der Waals surface area contributed by atoms with Gasteiger partial charge in [0.05, 0.1) is 31.8 Å². The van der Waals surface area contributed by atoms with E-state index >= 15 is 0 Å². The number of hydrogen-bond donors (Lipinski definition) is 0. The summed E-state index contributed by atoms with van der Waals surface area (Å²) in [7, 11) is 3.20. The average Bonchev–Trinajstić information content (AvgIpc) is 3.12. The normalized spacial score (nSPS) is 10.8. The van der Waals surface area contributed by atoms with Crippen molar-refractivity contribution in [2.24, 2.45) is 0 Å². The van der Waals surface area contributed by atoms with Crippen LogP contribution in [0.15, 0.2) is 72.8 Å². The molecule has 0 aliphatic carbocycles. The Hall–Kier alpha value is -3.60. The number of aromatic nitrogens is 2. The topological polar surface area (TPSA) is 53.4 Å². The zero-order valence-electron chi connectivity index (χ0n) is 15.8. The second kappa shape index (κ2) is 7.56. The second-order valence-corrected chi connectivity index (χ2v) is 6.37. The number of ether oxygens (including phenoxy) is 2. The van der Waals surface area contributed by atoms with Crippen LogP contribution in [-0.4, -0.2) is 29.6 Å². The summed E-state index contributed by atoms with van der Waals surface area (Å²) in [4.78, 5) is 17.6. The summed E-state index contributed by atoms with van der Waals surface area (Å²) in [6.07, 6.45) is 0. The smallest absolute Gasteiger partial charge is 0.182 e. The van der Waals surface area contributed by atoms with Crippen LogP contribution >= 0.6 is 0 Å². The van der Waals surface area contributed by atoms with E-state index in [1.165, 1.54) is 0 Å². The third-order valence-corrected chi connectivity index (χ3v) is 4.69. The van der Waals surface area contributed by atoms with E-state index in [-0.39, 0.29) is 12.3 Å². The third kappa shape index (κ3) is 3.22. The number of nitrogens with zero attached hydrogens (tertiary/aromatic N) is 2. The van der Waals surface area contributed by atoms with Gasteiger partial charge in [-0.3, -0.25) is 4.79 Å². The zero-order chi connectivity index (χ0) is 19.5. The molecule has 0 radical (unpaired) electrons. The SMILES string of the molecule is COc1ccc(-c2nc3ccccc3n2CC(=O)c2ccccc2)cc1OC. The van der Waals surface area contributed by atoms with E-state index in [2.05, 4.69) is 0 Å². The fourth-order valence-electron chi connectivity index (χ4n) is 3.29. The highest BCUT2D eigenvalue weighted by Gasteiger charge is 2.17. The standard InChI is InChI=1S/C23H20N2O3/c1-27-21-13-12-17(14-22(21)28-2)23-24-18-10-6-7-11-19(18)25(23)15-20(26)16-8-4-3-5-9-16/h3-14H,15H2,1-2H3. The molecule has 0 atom stereocenters. The largest absolute Gasteiger partial charge is 0.493 e. The molecule has 0 N–H and O–H groups in total. The molecule has 0 amide bonds. The Morgan fingerprint density at radius 2 is 1.61 bits per heavy atom. The molecule has 0 aliphatic rings. The minimum atomic E-state index is 0.0329. The van der Waals surface area contributed by atoms with Gasteiger partial charge in [-0.2, -0.15) is 0 Å². The highest BCUT2D eigenvalue weighted by atomic mass is 16.5. The predicted octanol–water partition coefficient (Wildman–Crippen LogP) is 4.60. The van der Waals surface area contributed by atoms with Gasteiger partial charge in [0.25, 0.3) is 0 Å². The Bertz CT molecular complexity index is 1130. The molecule has 140 valence electrons. The molecule has 0 spiro atoms. The molecule has 0 saturated heterocycles. The maximum Gasteiger partial charge on any atom is 0.182 e. The van der Waals surface area contributed by atoms with Crippen molar-refractivity contribution in [2.45, 2.75) is 6.54 Å². The molecule has 4 rings (SSSR count). The summed E-state index contributed by atoms with van der Waals surface area (Å²) in [5, 5.41) is 0. The number of para-hydroxylation sites is 2. The van der Waals surface area contributed by atoms with Crippen LogP contribution in [0.1, 0.15) is 10.4 Å². The fourth-order valence-corrected chi connectivity index (χ4v) is 3.29. The molecular weight excluding hydrogens is 352 g/mol. The number of ketones is 1. The molecule has 3 aromatic carbocycles. The van der Waals surface area contributed by atoms with Crippen molar-refractivity contribution >= 4 is 16.8 Å². The Morgan fingerprint density at radius 1 is 0.893 bits per heavy atom. The van der Waals surface area contributed by atoms with E-state index in [9.17, 15) is 4.79 Å². The number of rotatable bonds is 6. The van der Waals surface area contributed by atoms with Crippen molar-refractivity contribution in [1.29, 1.82) is 0 Å². The molecule has 28 heavy (non-hydrogen) atoms. The first-order valence-electron chi connectivity index (χ1n) is 8.97. The number of carbonyl (C=O) groups excluding carboxylic acids is 1. The molecule has 0 unspecified atom stereocenters. The van der Waals surface area contributed by atoms with E-state index in [0.29, 0.717) is 22.9 Å². The Morgan fingerprint density at radius 3 is 2.36 bits per heavy atom. The van der Waals surface area contributed by atoms with Crippen molar-refractivity contribution in [3.05, 3.63) is 78.4 Å². The molecular formula is C23H20N2O3. The van der Waals surface area contributed by atoms with Gasteiger partial charge in [0.15, 0.2) is 17.3 Å². The van der Waals surface area contributed by atoms with Crippen molar-refractivity contribution in [2.75, 3.05) is 14.2 Å². The van der Waals surface area contributed by atoms with Crippen LogP contribution in [0, 0.1) is 0 Å². The molecule has 0 fully saturated rings. The lowest BCUT2D eigenvalue weighted by Crippen LogP contribution is -2.11. The van der Waals surface area contributed by atoms with E-state index in [1.54, 1.807) is 14.2 Å². The number of benzene rings is 3. The van der Waals surface area contributed by atoms with Crippen LogP contribution < -0.4 is 9.47 Å². The Labute approximate surface area is 163 Å². The molecule has 5 nitrogen and oxygen atoms in total. The highest BCUT2D eigenvalue weighted by molar-refractivity contribution is 5.97. The Balaban J connectivity index is 1.83. The Kier molecular flexibility index (Phi) is 4.81. The van der Waals surface area contributed by atoms with Gasteiger partial charge in [-0.15, -0.1) is 0 Å². The lowest BCUT2D eigenvalue weighted by Gasteiger charge is -2.12. The van der Waals surface area contributed by atoms with Crippen LogP contribution in [0.25, 0.3) is 22.4 Å². The van der Waals surface area contributed by atoms with Gasteiger partial charge in [-0.05, 0) is 30.3 Å². The highest BCUT2D eigenvalue weighted by Crippen LogP contribution is 2.33. The van der Waals surface area contributed by atoms with Gasteiger partial charge in [-0.25, -0.2) is 4.98 Å². The second-order valence-electron chi connectivity index (χ2n) is 6.37. The van der Waals surface area contributed by atoms with Gasteiger partial charge in [0.1, 0.15) is 5.82 Å². The van der Waals surface area contributed by atoms with Gasteiger partial charge >= 0.3 is 0 Å². The molecule has 0 aliphatic heterocycles. The zero-order valence-corrected chi connectivity index (χ0v) is 15.8. The number of carbonyl (C=O) groups is 1. The van der Waals surface area contributed by atoms with Crippen LogP contribution in [0.4, 0.5) is 0 Å². The summed E-state index contributed by atoms with van der Waals surface area (Å²) in [5.41, 5.74) is 3.29. The first-order valence-corrected chi connectivity index (χ1v) is 8.97. The molecule has 5 heteroatoms. The molecule has 0 saturated carbocycles. The lowest BCUT2D eigenvalue weighted by molar-refractivity contribution is 0.0974. The van der Waals surface area contributed by atoms with Crippen LogP contribution in [-0.2, 0) is 6.54 Å². The molecule has 4 aromatic rings. The molecule has 0 bridgehead atoms. The lowest BCUT2D eigenvalue weighted by atomic mass is 10.1. The number of methoxy groups -OCH3 is 2. The quantitative estimate of drug-likeness (QED) is 0.464. The minimum absolute atomic E-state index is 0.0329. The summed E-state index contributed by atoms with van der Waals surface area (Å²) < 4.78 is 12.7. The monoisotopic (exact) mass is 372 g/mol. The third-order valence-electron chi connectivity index (χ3n) is 4.69. The number of imidazole rings is 1. The van der Waals surface area contributed by atoms with Crippen LogP contribution in [0.5, 0.6) is 11.5 Å². The number of fused-ring (bicyclic) bond motifs is 1. The van der Waals surface area contributed by atoms with Crippen LogP contribution in [0.3, 0.4) is 0 Å². The fraction of sp³-hybridized carbons (Fsp3) is 0.130. The van der Waals surface area contributed by atoms with Crippen molar-refractivity contribution in [3.8, 4) is 22.9 Å². The van der Waals surface area contributed by atoms with Gasteiger partial charge < -0.3 is 14.0 Å². The van der Waals surface area contributed by atoms with E-state index in [0.717, 1.165) is 16.6 Å². The van der Waals surface area contributed by atoms with Gasteiger partial charge in [-0.1, -0.05) is 42.5 Å². The van der Waals surface area contributed by atoms with Crippen molar-refractivity contribution in [3.63, 3.8) is 0 Å². The first kappa shape index (κ1) is 17.8. The van der Waals surface area contributed by atoms with Gasteiger partial charge in [0, 0.05) is 11.1 Å². The number of Topliss-reactive ketones (excluding diaryl/α,β-unsaturated/α-hetero) is 1. The maximum absolute atomic E-state index is 12.9. The molecule has 1 aromatic heterocycles. The maximum atomic E-state index is 12.9. The summed E-state index contributed by atoms with van der Waals surface area (Å²) >= 11 is 0. The first-order chi connectivity index (χ1) is 13.7. The van der Waals surface area contributed by atoms with E-state index in [1.807, 2.05) is 77.4 Å². The van der Waals surface area contributed by atoms with Crippen molar-refractivity contribution in [1.82, 2.24) is 9.55 Å². The minimum Gasteiger partial charge on any atom is -0.493 e. The predicted molar refractivity (Wildman–Crippen MR) is 109 cm³/mol. The summed E-state index contributed by atoms with van der Waals surface area (Å²) in [6, 6.07) is 22.8. The van der Waals surface area contributed by atoms with Crippen LogP contribution in [0.2, 0.25) is 0 Å².